The lowest BCUT2D eigenvalue weighted by Crippen LogP contribution is -2.09. The zero-order valence-corrected chi connectivity index (χ0v) is 9.83. The largest absolute Gasteiger partial charge is 0.396 e. The van der Waals surface area contributed by atoms with Gasteiger partial charge < -0.3 is 5.73 Å². The molecule has 0 unspecified atom stereocenters. The molecule has 2 N–H and O–H groups in total. The summed E-state index contributed by atoms with van der Waals surface area (Å²) in [7, 11) is -3.48. The van der Waals surface area contributed by atoms with Crippen LogP contribution in [-0.2, 0) is 15.6 Å². The molecular weight excluding hydrogens is 246 g/mol. The third kappa shape index (κ3) is 2.20. The first-order valence-electron chi connectivity index (χ1n) is 4.40. The van der Waals surface area contributed by atoms with Crippen molar-refractivity contribution in [3.05, 3.63) is 34.9 Å². The van der Waals surface area contributed by atoms with Crippen molar-refractivity contribution < 1.29 is 8.42 Å². The molecule has 0 amide bonds. The van der Waals surface area contributed by atoms with Crippen LogP contribution in [-0.4, -0.2) is 18.4 Å². The fourth-order valence-corrected chi connectivity index (χ4v) is 3.58. The quantitative estimate of drug-likeness (QED) is 0.887. The summed E-state index contributed by atoms with van der Waals surface area (Å²) in [6.07, 6.45) is 2.94. The number of sulfone groups is 1. The second-order valence-corrected chi connectivity index (χ2v) is 6.00. The van der Waals surface area contributed by atoms with Crippen molar-refractivity contribution in [2.75, 3.05) is 5.73 Å². The lowest BCUT2D eigenvalue weighted by atomic mass is 10.4. The highest BCUT2D eigenvalue weighted by Gasteiger charge is 2.20. The molecule has 2 heterocycles. The van der Waals surface area contributed by atoms with Gasteiger partial charge in [0.25, 0.3) is 0 Å². The first-order valence-corrected chi connectivity index (χ1v) is 6.93. The van der Waals surface area contributed by atoms with Gasteiger partial charge in [-0.2, -0.15) is 0 Å². The Kier molecular flexibility index (Phi) is 2.88. The molecule has 84 valence electrons. The fraction of sp³-hybridized carbons (Fsp3) is 0.111. The van der Waals surface area contributed by atoms with E-state index in [9.17, 15) is 8.42 Å². The molecule has 0 fully saturated rings. The summed E-state index contributed by atoms with van der Waals surface area (Å²) in [6.45, 7) is 0. The molecule has 0 radical (unpaired) electrons. The Morgan fingerprint density at radius 3 is 2.88 bits per heavy atom. The predicted molar refractivity (Wildman–Crippen MR) is 61.7 cm³/mol. The minimum Gasteiger partial charge on any atom is -0.396 e. The number of pyridine rings is 1. The van der Waals surface area contributed by atoms with Gasteiger partial charge in [-0.05, 0) is 12.1 Å². The molecule has 2 aromatic rings. The lowest BCUT2D eigenvalue weighted by molar-refractivity contribution is 0.592. The number of nitrogens with two attached hydrogens (primary N) is 1. The molecular formula is C9H9N3O2S2. The van der Waals surface area contributed by atoms with Crippen LogP contribution in [0.1, 0.15) is 4.88 Å². The number of thiazole rings is 1. The van der Waals surface area contributed by atoms with Gasteiger partial charge in [-0.3, -0.25) is 4.98 Å². The molecule has 5 nitrogen and oxygen atoms in total. The standard InChI is InChI=1S/C9H9N3O2S2/c10-8-2-1-3-12-9(8)16(13,14)5-7-4-11-6-15-7/h1-4,6H,5,10H2. The number of anilines is 1. The molecule has 7 heteroatoms. The average Bonchev–Trinajstić information content (AvgIpc) is 2.70. The molecule has 16 heavy (non-hydrogen) atoms. The molecule has 0 spiro atoms. The van der Waals surface area contributed by atoms with Crippen LogP contribution in [0.5, 0.6) is 0 Å². The third-order valence-corrected chi connectivity index (χ3v) is 4.49. The molecule has 0 aliphatic rings. The number of hydrogen-bond acceptors (Lipinski definition) is 6. The maximum Gasteiger partial charge on any atom is 0.202 e. The lowest BCUT2D eigenvalue weighted by Gasteiger charge is -2.04. The van der Waals surface area contributed by atoms with Crippen LogP contribution in [0, 0.1) is 0 Å². The molecule has 0 bridgehead atoms. The summed E-state index contributed by atoms with van der Waals surface area (Å²) in [5.41, 5.74) is 7.34. The molecule has 0 aromatic carbocycles. The van der Waals surface area contributed by atoms with Crippen LogP contribution in [0.2, 0.25) is 0 Å². The van der Waals surface area contributed by atoms with Crippen molar-refractivity contribution in [3.8, 4) is 0 Å². The number of hydrogen-bond donors (Lipinski definition) is 1. The van der Waals surface area contributed by atoms with Crippen molar-refractivity contribution >= 4 is 26.9 Å². The van der Waals surface area contributed by atoms with Crippen molar-refractivity contribution in [1.29, 1.82) is 0 Å². The van der Waals surface area contributed by atoms with E-state index < -0.39 is 9.84 Å². The smallest absolute Gasteiger partial charge is 0.202 e. The predicted octanol–water partition coefficient (Wildman–Crippen LogP) is 1.09. The normalized spacial score (nSPS) is 11.5. The highest BCUT2D eigenvalue weighted by molar-refractivity contribution is 7.90. The van der Waals surface area contributed by atoms with E-state index in [4.69, 9.17) is 5.73 Å². The summed E-state index contributed by atoms with van der Waals surface area (Å²) in [5, 5.41) is -0.0663. The van der Waals surface area contributed by atoms with Gasteiger partial charge in [-0.15, -0.1) is 11.3 Å². The Balaban J connectivity index is 2.37. The average molecular weight is 255 g/mol. The van der Waals surface area contributed by atoms with E-state index in [-0.39, 0.29) is 16.5 Å². The molecule has 2 aromatic heterocycles. The van der Waals surface area contributed by atoms with Gasteiger partial charge in [0.2, 0.25) is 9.84 Å². The Labute approximate surface area is 96.9 Å². The maximum atomic E-state index is 12.0. The Bertz CT molecular complexity index is 579. The second kappa shape index (κ2) is 4.18. The van der Waals surface area contributed by atoms with Gasteiger partial charge in [0.05, 0.1) is 17.0 Å². The Hall–Kier alpha value is -1.47. The van der Waals surface area contributed by atoms with E-state index in [1.165, 1.54) is 29.8 Å². The Morgan fingerprint density at radius 2 is 2.25 bits per heavy atom. The first-order chi connectivity index (χ1) is 7.59. The van der Waals surface area contributed by atoms with E-state index in [1.54, 1.807) is 11.6 Å². The van der Waals surface area contributed by atoms with Gasteiger partial charge >= 0.3 is 0 Å². The van der Waals surface area contributed by atoms with Gasteiger partial charge in [-0.25, -0.2) is 13.4 Å². The van der Waals surface area contributed by atoms with Crippen LogP contribution < -0.4 is 5.73 Å². The van der Waals surface area contributed by atoms with Crippen LogP contribution in [0.15, 0.2) is 35.1 Å². The van der Waals surface area contributed by atoms with Gasteiger partial charge in [-0.1, -0.05) is 0 Å². The van der Waals surface area contributed by atoms with Crippen LogP contribution in [0.25, 0.3) is 0 Å². The number of aromatic nitrogens is 2. The summed E-state index contributed by atoms with van der Waals surface area (Å²) in [4.78, 5) is 8.30. The molecule has 0 saturated carbocycles. The van der Waals surface area contributed by atoms with Crippen LogP contribution in [0.3, 0.4) is 0 Å². The molecule has 0 saturated heterocycles. The van der Waals surface area contributed by atoms with E-state index in [2.05, 4.69) is 9.97 Å². The van der Waals surface area contributed by atoms with Gasteiger partial charge in [0.15, 0.2) is 5.03 Å². The van der Waals surface area contributed by atoms with Crippen LogP contribution >= 0.6 is 11.3 Å². The highest BCUT2D eigenvalue weighted by Crippen LogP contribution is 2.20. The van der Waals surface area contributed by atoms with Crippen molar-refractivity contribution in [3.63, 3.8) is 0 Å². The minimum absolute atomic E-state index is 0.0663. The summed E-state index contributed by atoms with van der Waals surface area (Å²) in [5.74, 6) is -0.112. The topological polar surface area (TPSA) is 85.9 Å². The van der Waals surface area contributed by atoms with Crippen molar-refractivity contribution in [2.24, 2.45) is 0 Å². The van der Waals surface area contributed by atoms with Gasteiger partial charge in [0.1, 0.15) is 0 Å². The van der Waals surface area contributed by atoms with Gasteiger partial charge in [0, 0.05) is 17.3 Å². The van der Waals surface area contributed by atoms with Crippen molar-refractivity contribution in [2.45, 2.75) is 10.8 Å². The fourth-order valence-electron chi connectivity index (χ4n) is 1.23. The summed E-state index contributed by atoms with van der Waals surface area (Å²) in [6, 6.07) is 3.12. The molecule has 2 rings (SSSR count). The van der Waals surface area contributed by atoms with E-state index in [0.29, 0.717) is 4.88 Å². The number of rotatable bonds is 3. The third-order valence-electron chi connectivity index (χ3n) is 1.91. The van der Waals surface area contributed by atoms with Crippen LogP contribution in [0.4, 0.5) is 5.69 Å². The molecule has 0 aliphatic carbocycles. The number of nitrogens with zero attached hydrogens (tertiary/aromatic N) is 2. The monoisotopic (exact) mass is 255 g/mol. The summed E-state index contributed by atoms with van der Waals surface area (Å²) >= 11 is 1.29. The zero-order chi connectivity index (χ0) is 11.6. The van der Waals surface area contributed by atoms with E-state index in [1.807, 2.05) is 0 Å². The SMILES string of the molecule is Nc1cccnc1S(=O)(=O)Cc1cncs1. The number of nitrogen functional groups attached to an aromatic ring is 1. The minimum atomic E-state index is -3.48. The molecule has 0 atom stereocenters. The van der Waals surface area contributed by atoms with E-state index in [0.717, 1.165) is 0 Å². The van der Waals surface area contributed by atoms with Crippen molar-refractivity contribution in [1.82, 2.24) is 9.97 Å². The molecule has 0 aliphatic heterocycles. The summed E-state index contributed by atoms with van der Waals surface area (Å²) < 4.78 is 23.9. The van der Waals surface area contributed by atoms with E-state index >= 15 is 0 Å². The first kappa shape index (κ1) is 11.0. The highest BCUT2D eigenvalue weighted by atomic mass is 32.2. The maximum absolute atomic E-state index is 12.0. The zero-order valence-electron chi connectivity index (χ0n) is 8.20. The second-order valence-electron chi connectivity index (χ2n) is 3.12. The Morgan fingerprint density at radius 1 is 1.44 bits per heavy atom.